The van der Waals surface area contributed by atoms with E-state index >= 15 is 0 Å². The van der Waals surface area contributed by atoms with Crippen LogP contribution in [0.1, 0.15) is 0 Å². The fourth-order valence-corrected chi connectivity index (χ4v) is 3.04. The van der Waals surface area contributed by atoms with Crippen molar-refractivity contribution in [1.29, 1.82) is 0 Å². The number of halogens is 1. The molecule has 0 fully saturated rings. The number of anilines is 1. The average Bonchev–Trinajstić information content (AvgIpc) is 2.67. The standard InChI is InChI=1S/C18H13ClN4O3S/c19-13-4-2-5-14(10-13)20-17(24)11-27-18-8-7-16(21-22-18)12-3-1-6-15(9-12)23(25)26/h1-10H,11H2,(H,20,24). The van der Waals surface area contributed by atoms with E-state index in [4.69, 9.17) is 11.6 Å². The van der Waals surface area contributed by atoms with Gasteiger partial charge in [0.05, 0.1) is 16.4 Å². The molecule has 3 rings (SSSR count). The van der Waals surface area contributed by atoms with Crippen LogP contribution in [0.25, 0.3) is 11.3 Å². The molecule has 136 valence electrons. The maximum atomic E-state index is 12.0. The zero-order valence-corrected chi connectivity index (χ0v) is 15.4. The number of nitro benzene ring substituents is 1. The molecule has 1 heterocycles. The van der Waals surface area contributed by atoms with E-state index in [2.05, 4.69) is 15.5 Å². The number of non-ortho nitro benzene ring substituents is 1. The quantitative estimate of drug-likeness (QED) is 0.373. The van der Waals surface area contributed by atoms with Crippen LogP contribution in [-0.2, 0) is 4.79 Å². The molecule has 0 unspecified atom stereocenters. The van der Waals surface area contributed by atoms with E-state index in [1.54, 1.807) is 48.5 Å². The van der Waals surface area contributed by atoms with Crippen LogP contribution in [0.2, 0.25) is 5.02 Å². The molecule has 9 heteroatoms. The lowest BCUT2D eigenvalue weighted by atomic mass is 10.1. The molecule has 0 aliphatic rings. The molecule has 2 aromatic carbocycles. The highest BCUT2D eigenvalue weighted by Crippen LogP contribution is 2.23. The maximum absolute atomic E-state index is 12.0. The number of rotatable bonds is 6. The monoisotopic (exact) mass is 400 g/mol. The Morgan fingerprint density at radius 3 is 2.63 bits per heavy atom. The molecule has 1 amide bonds. The predicted molar refractivity (Wildman–Crippen MR) is 105 cm³/mol. The van der Waals surface area contributed by atoms with Crippen LogP contribution in [0.15, 0.2) is 65.7 Å². The Balaban J connectivity index is 1.60. The van der Waals surface area contributed by atoms with Crippen LogP contribution in [0.4, 0.5) is 11.4 Å². The molecule has 0 saturated heterocycles. The summed E-state index contributed by atoms with van der Waals surface area (Å²) >= 11 is 7.12. The molecule has 1 N–H and O–H groups in total. The third kappa shape index (κ3) is 5.25. The first-order valence-corrected chi connectivity index (χ1v) is 9.14. The average molecular weight is 401 g/mol. The summed E-state index contributed by atoms with van der Waals surface area (Å²) in [6.07, 6.45) is 0. The van der Waals surface area contributed by atoms with Gasteiger partial charge in [-0.3, -0.25) is 14.9 Å². The highest BCUT2D eigenvalue weighted by atomic mass is 35.5. The number of aromatic nitrogens is 2. The van der Waals surface area contributed by atoms with Crippen molar-refractivity contribution in [3.05, 3.63) is 75.8 Å². The van der Waals surface area contributed by atoms with E-state index in [9.17, 15) is 14.9 Å². The summed E-state index contributed by atoms with van der Waals surface area (Å²) in [5.74, 6) is -0.0241. The van der Waals surface area contributed by atoms with Gasteiger partial charge >= 0.3 is 0 Å². The van der Waals surface area contributed by atoms with E-state index in [0.717, 1.165) is 0 Å². The van der Waals surface area contributed by atoms with Crippen LogP contribution in [-0.4, -0.2) is 26.8 Å². The van der Waals surface area contributed by atoms with E-state index < -0.39 is 4.92 Å². The Morgan fingerprint density at radius 1 is 1.11 bits per heavy atom. The first-order valence-electron chi connectivity index (χ1n) is 7.78. The van der Waals surface area contributed by atoms with Gasteiger partial charge in [-0.15, -0.1) is 10.2 Å². The number of thioether (sulfide) groups is 1. The molecule has 27 heavy (non-hydrogen) atoms. The SMILES string of the molecule is O=C(CSc1ccc(-c2cccc([N+](=O)[O-])c2)nn1)Nc1cccc(Cl)c1. The Labute approximate surface area is 163 Å². The van der Waals surface area contributed by atoms with Crippen molar-refractivity contribution in [1.82, 2.24) is 10.2 Å². The number of nitro groups is 1. The Morgan fingerprint density at radius 2 is 1.93 bits per heavy atom. The second-order valence-electron chi connectivity index (χ2n) is 5.41. The number of hydrogen-bond donors (Lipinski definition) is 1. The lowest BCUT2D eigenvalue weighted by Gasteiger charge is -2.05. The molecule has 0 aliphatic heterocycles. The summed E-state index contributed by atoms with van der Waals surface area (Å²) in [4.78, 5) is 22.4. The largest absolute Gasteiger partial charge is 0.325 e. The second-order valence-corrected chi connectivity index (χ2v) is 6.84. The van der Waals surface area contributed by atoms with Crippen molar-refractivity contribution in [3.8, 4) is 11.3 Å². The van der Waals surface area contributed by atoms with Crippen LogP contribution >= 0.6 is 23.4 Å². The summed E-state index contributed by atoms with van der Waals surface area (Å²) < 4.78 is 0. The van der Waals surface area contributed by atoms with E-state index in [-0.39, 0.29) is 17.3 Å². The summed E-state index contributed by atoms with van der Waals surface area (Å²) in [7, 11) is 0. The number of carbonyl (C=O) groups is 1. The molecular weight excluding hydrogens is 388 g/mol. The molecule has 7 nitrogen and oxygen atoms in total. The van der Waals surface area contributed by atoms with Crippen molar-refractivity contribution in [2.45, 2.75) is 5.03 Å². The van der Waals surface area contributed by atoms with E-state index in [0.29, 0.717) is 27.0 Å². The van der Waals surface area contributed by atoms with Crippen molar-refractivity contribution in [3.63, 3.8) is 0 Å². The summed E-state index contributed by atoms with van der Waals surface area (Å²) in [5.41, 5.74) is 1.74. The molecule has 0 bridgehead atoms. The highest BCUT2D eigenvalue weighted by Gasteiger charge is 2.09. The minimum absolute atomic E-state index is 0.00885. The lowest BCUT2D eigenvalue weighted by molar-refractivity contribution is -0.384. The van der Waals surface area contributed by atoms with E-state index in [1.165, 1.54) is 23.9 Å². The number of nitrogens with zero attached hydrogens (tertiary/aromatic N) is 3. The number of benzene rings is 2. The number of hydrogen-bond acceptors (Lipinski definition) is 6. The minimum Gasteiger partial charge on any atom is -0.325 e. The topological polar surface area (TPSA) is 98.0 Å². The smallest absolute Gasteiger partial charge is 0.270 e. The number of amides is 1. The van der Waals surface area contributed by atoms with Crippen LogP contribution in [0.3, 0.4) is 0 Å². The zero-order chi connectivity index (χ0) is 19.2. The summed E-state index contributed by atoms with van der Waals surface area (Å²) in [6.45, 7) is 0. The van der Waals surface area contributed by atoms with Gasteiger partial charge in [-0.05, 0) is 30.3 Å². The van der Waals surface area contributed by atoms with Gasteiger partial charge in [0.2, 0.25) is 5.91 Å². The third-order valence-electron chi connectivity index (χ3n) is 3.45. The fraction of sp³-hybridized carbons (Fsp3) is 0.0556. The van der Waals surface area contributed by atoms with Gasteiger partial charge in [0.15, 0.2) is 0 Å². The molecule has 1 aromatic heterocycles. The predicted octanol–water partition coefficient (Wildman–Crippen LogP) is 4.44. The van der Waals surface area contributed by atoms with Crippen molar-refractivity contribution in [2.75, 3.05) is 11.1 Å². The van der Waals surface area contributed by atoms with Crippen molar-refractivity contribution < 1.29 is 9.72 Å². The third-order valence-corrected chi connectivity index (χ3v) is 4.61. The second kappa shape index (κ2) is 8.61. The summed E-state index contributed by atoms with van der Waals surface area (Å²) in [6, 6.07) is 16.5. The lowest BCUT2D eigenvalue weighted by Crippen LogP contribution is -2.14. The maximum Gasteiger partial charge on any atom is 0.270 e. The molecule has 3 aromatic rings. The molecular formula is C18H13ClN4O3S. The van der Waals surface area contributed by atoms with Gasteiger partial charge in [-0.25, -0.2) is 0 Å². The Hall–Kier alpha value is -2.97. The fourth-order valence-electron chi connectivity index (χ4n) is 2.23. The minimum atomic E-state index is -0.459. The van der Waals surface area contributed by atoms with Gasteiger partial charge in [0.25, 0.3) is 5.69 Å². The van der Waals surface area contributed by atoms with Crippen LogP contribution in [0.5, 0.6) is 0 Å². The van der Waals surface area contributed by atoms with Crippen LogP contribution < -0.4 is 5.32 Å². The normalized spacial score (nSPS) is 10.4. The van der Waals surface area contributed by atoms with Gasteiger partial charge in [-0.1, -0.05) is 41.6 Å². The highest BCUT2D eigenvalue weighted by molar-refractivity contribution is 7.99. The number of carbonyl (C=O) groups excluding carboxylic acids is 1. The molecule has 0 radical (unpaired) electrons. The molecule has 0 aliphatic carbocycles. The van der Waals surface area contributed by atoms with E-state index in [1.807, 2.05) is 0 Å². The van der Waals surface area contributed by atoms with Gasteiger partial charge in [0, 0.05) is 28.4 Å². The zero-order valence-electron chi connectivity index (χ0n) is 13.8. The summed E-state index contributed by atoms with van der Waals surface area (Å²) in [5, 5.41) is 22.9. The van der Waals surface area contributed by atoms with Crippen molar-refractivity contribution in [2.24, 2.45) is 0 Å². The van der Waals surface area contributed by atoms with Gasteiger partial charge < -0.3 is 5.32 Å². The van der Waals surface area contributed by atoms with Crippen LogP contribution in [0, 0.1) is 10.1 Å². The Bertz CT molecular complexity index is 982. The molecule has 0 atom stereocenters. The first kappa shape index (κ1) is 18.8. The van der Waals surface area contributed by atoms with Gasteiger partial charge in [0.1, 0.15) is 5.03 Å². The van der Waals surface area contributed by atoms with Crippen molar-refractivity contribution >= 4 is 40.6 Å². The molecule has 0 saturated carbocycles. The number of nitrogens with one attached hydrogen (secondary N) is 1. The first-order chi connectivity index (χ1) is 13.0. The molecule has 0 spiro atoms. The van der Waals surface area contributed by atoms with Gasteiger partial charge in [-0.2, -0.15) is 0 Å². The Kier molecular flexibility index (Phi) is 6.00.